The van der Waals surface area contributed by atoms with Gasteiger partial charge in [-0.05, 0) is 19.9 Å². The van der Waals surface area contributed by atoms with Crippen LogP contribution < -0.4 is 0 Å². The van der Waals surface area contributed by atoms with Crippen LogP contribution >= 0.6 is 0 Å². The number of carbonyl (C=O) groups excluding carboxylic acids is 2. The molecule has 0 atom stereocenters. The van der Waals surface area contributed by atoms with Crippen LogP contribution in [0.25, 0.3) is 0 Å². The van der Waals surface area contributed by atoms with Crippen LogP contribution in [0.5, 0.6) is 0 Å². The van der Waals surface area contributed by atoms with Crippen molar-refractivity contribution < 1.29 is 23.8 Å². The van der Waals surface area contributed by atoms with Crippen LogP contribution in [0, 0.1) is 0 Å². The summed E-state index contributed by atoms with van der Waals surface area (Å²) in [5.74, 6) is 0.224. The van der Waals surface area contributed by atoms with Crippen molar-refractivity contribution in [2.75, 3.05) is 6.61 Å². The van der Waals surface area contributed by atoms with Crippen molar-refractivity contribution in [2.45, 2.75) is 39.2 Å². The lowest BCUT2D eigenvalue weighted by molar-refractivity contribution is -0.143. The van der Waals surface area contributed by atoms with Crippen molar-refractivity contribution >= 4 is 12.1 Å². The smallest absolute Gasteiger partial charge is 0.465 e. The van der Waals surface area contributed by atoms with E-state index in [1.54, 1.807) is 26.8 Å². The predicted molar refractivity (Wildman–Crippen MR) is 55.6 cm³/mol. The van der Waals surface area contributed by atoms with Gasteiger partial charge < -0.3 is 14.2 Å². The second-order valence-electron chi connectivity index (χ2n) is 3.90. The van der Waals surface area contributed by atoms with Gasteiger partial charge in [0.05, 0.1) is 6.61 Å². The van der Waals surface area contributed by atoms with Gasteiger partial charge in [-0.3, -0.25) is 4.79 Å². The van der Waals surface area contributed by atoms with Crippen molar-refractivity contribution in [2.24, 2.45) is 0 Å². The zero-order valence-electron chi connectivity index (χ0n) is 9.74. The maximum absolute atomic E-state index is 10.9. The van der Waals surface area contributed by atoms with E-state index in [1.807, 2.05) is 0 Å². The van der Waals surface area contributed by atoms with Crippen LogP contribution in [0.1, 0.15) is 33.6 Å². The molecule has 5 nitrogen and oxygen atoms in total. The molecule has 0 amide bonds. The Morgan fingerprint density at radius 2 is 2.19 bits per heavy atom. The van der Waals surface area contributed by atoms with Gasteiger partial charge in [0.15, 0.2) is 11.4 Å². The van der Waals surface area contributed by atoms with E-state index in [4.69, 9.17) is 14.2 Å². The first kappa shape index (κ1) is 12.5. The summed E-state index contributed by atoms with van der Waals surface area (Å²) in [5, 5.41) is 0. The molecule has 0 aromatic heterocycles. The highest BCUT2D eigenvalue weighted by Crippen LogP contribution is 2.29. The van der Waals surface area contributed by atoms with Gasteiger partial charge >= 0.3 is 12.1 Å². The first-order valence-electron chi connectivity index (χ1n) is 5.23. The van der Waals surface area contributed by atoms with Gasteiger partial charge in [-0.2, -0.15) is 0 Å². The van der Waals surface area contributed by atoms with Gasteiger partial charge in [0, 0.05) is 12.8 Å². The predicted octanol–water partition coefficient (Wildman–Crippen LogP) is 2.16. The monoisotopic (exact) mass is 228 g/mol. The van der Waals surface area contributed by atoms with E-state index in [1.165, 1.54) is 0 Å². The maximum Gasteiger partial charge on any atom is 0.514 e. The van der Waals surface area contributed by atoms with Gasteiger partial charge in [0.1, 0.15) is 0 Å². The maximum atomic E-state index is 10.9. The van der Waals surface area contributed by atoms with E-state index in [9.17, 15) is 9.59 Å². The average Bonchev–Trinajstić information content (AvgIpc) is 2.46. The number of cyclic esters (lactones) is 2. The van der Waals surface area contributed by atoms with Crippen LogP contribution in [0.4, 0.5) is 4.79 Å². The number of ether oxygens (including phenoxy) is 3. The Morgan fingerprint density at radius 3 is 2.69 bits per heavy atom. The second-order valence-corrected chi connectivity index (χ2v) is 3.90. The van der Waals surface area contributed by atoms with Gasteiger partial charge in [0.2, 0.25) is 0 Å². The summed E-state index contributed by atoms with van der Waals surface area (Å²) in [7, 11) is 0. The Labute approximate surface area is 94.4 Å². The van der Waals surface area contributed by atoms with Crippen molar-refractivity contribution in [3.8, 4) is 0 Å². The number of esters is 1. The number of rotatable bonds is 4. The molecule has 1 rings (SSSR count). The van der Waals surface area contributed by atoms with Gasteiger partial charge in [0.25, 0.3) is 0 Å². The summed E-state index contributed by atoms with van der Waals surface area (Å²) in [6.45, 7) is 5.49. The first-order valence-corrected chi connectivity index (χ1v) is 5.23. The van der Waals surface area contributed by atoms with Crippen molar-refractivity contribution in [1.82, 2.24) is 0 Å². The molecule has 0 aromatic carbocycles. The molecule has 0 bridgehead atoms. The minimum atomic E-state index is -0.730. The first-order chi connectivity index (χ1) is 7.45. The lowest BCUT2D eigenvalue weighted by atomic mass is 10.1. The molecule has 90 valence electrons. The van der Waals surface area contributed by atoms with Crippen molar-refractivity contribution in [3.63, 3.8) is 0 Å². The van der Waals surface area contributed by atoms with Crippen LogP contribution in [-0.2, 0) is 19.0 Å². The summed E-state index contributed by atoms with van der Waals surface area (Å²) in [6.07, 6.45) is 1.87. The van der Waals surface area contributed by atoms with Crippen LogP contribution in [0.15, 0.2) is 11.8 Å². The molecule has 1 saturated heterocycles. The SMILES string of the molecule is CCC(=O)OCC/C=C1/OC(=O)OC1(C)C. The molecule has 0 radical (unpaired) electrons. The lowest BCUT2D eigenvalue weighted by Gasteiger charge is -2.13. The molecule has 0 spiro atoms. The molecule has 1 fully saturated rings. The molecule has 0 saturated carbocycles. The van der Waals surface area contributed by atoms with E-state index in [0.29, 0.717) is 18.6 Å². The average molecular weight is 228 g/mol. The Hall–Kier alpha value is -1.52. The minimum absolute atomic E-state index is 0.239. The molecule has 5 heteroatoms. The molecular weight excluding hydrogens is 212 g/mol. The number of hydrogen-bond acceptors (Lipinski definition) is 5. The number of hydrogen-bond donors (Lipinski definition) is 0. The molecule has 16 heavy (non-hydrogen) atoms. The summed E-state index contributed by atoms with van der Waals surface area (Å²) in [4.78, 5) is 21.7. The Balaban J connectivity index is 2.40. The van der Waals surface area contributed by atoms with Gasteiger partial charge in [-0.25, -0.2) is 4.79 Å². The van der Waals surface area contributed by atoms with Crippen LogP contribution in [0.3, 0.4) is 0 Å². The topological polar surface area (TPSA) is 61.8 Å². The molecule has 0 N–H and O–H groups in total. The molecule has 1 aliphatic heterocycles. The Morgan fingerprint density at radius 1 is 1.50 bits per heavy atom. The van der Waals surface area contributed by atoms with E-state index in [-0.39, 0.29) is 12.6 Å². The van der Waals surface area contributed by atoms with Crippen molar-refractivity contribution in [1.29, 1.82) is 0 Å². The third kappa shape index (κ3) is 3.25. The summed E-state index contributed by atoms with van der Waals surface area (Å²) in [5.41, 5.74) is -0.730. The zero-order chi connectivity index (χ0) is 12.2. The largest absolute Gasteiger partial charge is 0.514 e. The van der Waals surface area contributed by atoms with Gasteiger partial charge in [-0.15, -0.1) is 0 Å². The summed E-state index contributed by atoms with van der Waals surface area (Å²) in [6, 6.07) is 0. The van der Waals surface area contributed by atoms with Crippen molar-refractivity contribution in [3.05, 3.63) is 11.8 Å². The summed E-state index contributed by atoms with van der Waals surface area (Å²) >= 11 is 0. The zero-order valence-corrected chi connectivity index (χ0v) is 9.74. The van der Waals surface area contributed by atoms with E-state index in [2.05, 4.69) is 0 Å². The molecular formula is C11H16O5. The standard InChI is InChI=1S/C11H16O5/c1-4-9(12)14-7-5-6-8-11(2,3)16-10(13)15-8/h6H,4-5,7H2,1-3H3/b8-6+. The van der Waals surface area contributed by atoms with E-state index in [0.717, 1.165) is 0 Å². The fraction of sp³-hybridized carbons (Fsp3) is 0.636. The molecule has 0 aromatic rings. The fourth-order valence-corrected chi connectivity index (χ4v) is 1.24. The Bertz CT molecular complexity index is 316. The quantitative estimate of drug-likeness (QED) is 0.545. The van der Waals surface area contributed by atoms with Crippen LogP contribution in [0.2, 0.25) is 0 Å². The van der Waals surface area contributed by atoms with E-state index >= 15 is 0 Å². The number of carbonyl (C=O) groups is 2. The fourth-order valence-electron chi connectivity index (χ4n) is 1.24. The normalized spacial score (nSPS) is 20.4. The van der Waals surface area contributed by atoms with Gasteiger partial charge in [-0.1, -0.05) is 6.92 Å². The second kappa shape index (κ2) is 5.01. The molecule has 1 heterocycles. The highest BCUT2D eigenvalue weighted by atomic mass is 16.8. The minimum Gasteiger partial charge on any atom is -0.465 e. The third-order valence-corrected chi connectivity index (χ3v) is 2.12. The highest BCUT2D eigenvalue weighted by Gasteiger charge is 2.38. The Kier molecular flexibility index (Phi) is 3.93. The molecule has 0 unspecified atom stereocenters. The highest BCUT2D eigenvalue weighted by molar-refractivity contribution is 5.68. The third-order valence-electron chi connectivity index (χ3n) is 2.12. The lowest BCUT2D eigenvalue weighted by Crippen LogP contribution is -2.20. The molecule has 1 aliphatic rings. The summed E-state index contributed by atoms with van der Waals surface area (Å²) < 4.78 is 14.7. The molecule has 0 aliphatic carbocycles. The van der Waals surface area contributed by atoms with Crippen LogP contribution in [-0.4, -0.2) is 24.3 Å². The van der Waals surface area contributed by atoms with E-state index < -0.39 is 11.8 Å².